The minimum Gasteiger partial charge on any atom is -0.135 e. The molecule has 0 spiro atoms. The van der Waals surface area contributed by atoms with Crippen molar-refractivity contribution in [3.63, 3.8) is 0 Å². The molecule has 0 atom stereocenters. The fraction of sp³-hybridized carbons (Fsp3) is 0. The van der Waals surface area contributed by atoms with Crippen molar-refractivity contribution in [3.05, 3.63) is 510 Å². The second kappa shape index (κ2) is 34.7. The van der Waals surface area contributed by atoms with Gasteiger partial charge in [0.1, 0.15) is 0 Å². The third-order valence-electron chi connectivity index (χ3n) is 27.3. The molecule has 135 heavy (non-hydrogen) atoms. The maximum atomic E-state index is 2.38. The van der Waals surface area contributed by atoms with Crippen LogP contribution in [0, 0.1) is 0 Å². The van der Waals surface area contributed by atoms with E-state index in [1.807, 2.05) is 34.0 Å². The third kappa shape index (κ3) is 14.4. The Bertz CT molecular complexity index is 9130. The van der Waals surface area contributed by atoms with Crippen molar-refractivity contribution in [2.45, 2.75) is 0 Å². The van der Waals surface area contributed by atoms with Crippen molar-refractivity contribution in [3.8, 4) is 134 Å². The predicted molar refractivity (Wildman–Crippen MR) is 588 cm³/mol. The zero-order valence-corrected chi connectivity index (χ0v) is 76.2. The van der Waals surface area contributed by atoms with Crippen LogP contribution in [0.5, 0.6) is 0 Å². The SMILES string of the molecule is c1ccc(-c2cccc(-c3c4ccccc4c(-c4ccccc4-c4ccc5c(c4)sc4ccccc45)c4ccccc34)c2)cc1.c1ccc(-c2ccccc2-c2c3ccccc3c(-c3cccc(-c4ccc5c(c4)sc4ccccc45)c3)c3ccccc23)cc1.c1ccc(-c2ccccc2-c2c3ccccc3c(-c3ccccc3-c3ccc4c(c3)sc3ccccc34)c3ccccc23)cc1. The van der Waals surface area contributed by atoms with Crippen LogP contribution in [0.4, 0.5) is 0 Å². The molecule has 27 aromatic rings. The Morgan fingerprint density at radius 1 is 0.0889 bits per heavy atom. The Labute approximate surface area is 795 Å². The van der Waals surface area contributed by atoms with Crippen LogP contribution in [0.3, 0.4) is 0 Å². The summed E-state index contributed by atoms with van der Waals surface area (Å²) in [6.45, 7) is 0. The van der Waals surface area contributed by atoms with Crippen LogP contribution in [0.2, 0.25) is 0 Å². The van der Waals surface area contributed by atoms with Crippen LogP contribution in [0.15, 0.2) is 510 Å². The molecule has 0 radical (unpaired) electrons. The second-order valence-corrected chi connectivity index (χ2v) is 38.1. The maximum Gasteiger partial charge on any atom is 0.0361 e. The number of hydrogen-bond donors (Lipinski definition) is 0. The fourth-order valence-corrected chi connectivity index (χ4v) is 24.7. The first-order valence-electron chi connectivity index (χ1n) is 46.3. The van der Waals surface area contributed by atoms with E-state index >= 15 is 0 Å². The van der Waals surface area contributed by atoms with E-state index in [4.69, 9.17) is 0 Å². The lowest BCUT2D eigenvalue weighted by Gasteiger charge is -2.21. The van der Waals surface area contributed by atoms with Crippen LogP contribution < -0.4 is 0 Å². The van der Waals surface area contributed by atoms with E-state index in [0.29, 0.717) is 0 Å². The van der Waals surface area contributed by atoms with Gasteiger partial charge in [-0.15, -0.1) is 34.0 Å². The van der Waals surface area contributed by atoms with Gasteiger partial charge in [0.05, 0.1) is 0 Å². The lowest BCUT2D eigenvalue weighted by molar-refractivity contribution is 1.60. The first-order valence-corrected chi connectivity index (χ1v) is 48.8. The highest BCUT2D eigenvalue weighted by molar-refractivity contribution is 7.26. The molecule has 0 bridgehead atoms. The molecule has 0 unspecified atom stereocenters. The molecule has 27 rings (SSSR count). The van der Waals surface area contributed by atoms with Crippen molar-refractivity contribution >= 4 is 159 Å². The molecular weight excluding hydrogens is 1680 g/mol. The van der Waals surface area contributed by atoms with E-state index in [2.05, 4.69) is 510 Å². The predicted octanol–water partition coefficient (Wildman–Crippen LogP) is 39.1. The van der Waals surface area contributed by atoms with Crippen LogP contribution in [0.25, 0.3) is 259 Å². The van der Waals surface area contributed by atoms with Gasteiger partial charge in [0.25, 0.3) is 0 Å². The summed E-state index contributed by atoms with van der Waals surface area (Å²) in [6, 6.07) is 187. The normalized spacial score (nSPS) is 11.6. The zero-order chi connectivity index (χ0) is 89.2. The van der Waals surface area contributed by atoms with Crippen LogP contribution >= 0.6 is 34.0 Å². The number of rotatable bonds is 12. The largest absolute Gasteiger partial charge is 0.135 e. The van der Waals surface area contributed by atoms with E-state index < -0.39 is 0 Å². The summed E-state index contributed by atoms with van der Waals surface area (Å²) in [5.74, 6) is 0. The standard InChI is InChI=1S/3C44H28S/c1-2-14-29(15-3-1)31-16-4-6-19-35(31)43-37-21-8-10-23-39(37)44(40-24-11-9-22-38(40)43)36-20-7-5-17-32(36)30-26-27-34-33-18-12-13-25-41(33)45-42(34)28-30;1-2-13-29(14-3-1)33-17-4-5-19-36(33)44-39-22-8-6-20-37(39)43(38-21-7-9-23-40(38)44)32-16-12-15-30(27-32)31-25-26-35-34-18-10-11-24-41(34)45-42(35)28-31;1-2-13-29(14-3-1)30-15-12-16-32(27-30)43-37-20-6-8-22-39(37)44(40-23-9-7-21-38(40)43)36-19-5-4-17-33(36)31-25-26-35-34-18-10-11-24-41(34)45-42(35)28-31/h3*1-28H. The third-order valence-corrected chi connectivity index (χ3v) is 30.7. The van der Waals surface area contributed by atoms with Gasteiger partial charge >= 0.3 is 0 Å². The summed E-state index contributed by atoms with van der Waals surface area (Å²) in [5.41, 5.74) is 30.1. The number of fused-ring (bicyclic) bond motifs is 15. The monoisotopic (exact) mass is 1760 g/mol. The van der Waals surface area contributed by atoms with Gasteiger partial charge in [0.15, 0.2) is 0 Å². The number of benzene rings is 24. The molecule has 3 heterocycles. The highest BCUT2D eigenvalue weighted by atomic mass is 32.1. The van der Waals surface area contributed by atoms with Gasteiger partial charge < -0.3 is 0 Å². The molecule has 0 nitrogen and oxygen atoms in total. The molecule has 630 valence electrons. The van der Waals surface area contributed by atoms with Crippen molar-refractivity contribution in [2.75, 3.05) is 0 Å². The summed E-state index contributed by atoms with van der Waals surface area (Å²) in [7, 11) is 0. The fourth-order valence-electron chi connectivity index (χ4n) is 21.2. The Morgan fingerprint density at radius 3 is 0.570 bits per heavy atom. The molecule has 0 aliphatic heterocycles. The molecular formula is C132H84S3. The molecule has 0 aliphatic rings. The second-order valence-electron chi connectivity index (χ2n) is 34.9. The van der Waals surface area contributed by atoms with Gasteiger partial charge in [0.2, 0.25) is 0 Å². The van der Waals surface area contributed by atoms with Crippen molar-refractivity contribution < 1.29 is 0 Å². The summed E-state index contributed by atoms with van der Waals surface area (Å²) in [5, 5.41) is 23.2. The van der Waals surface area contributed by atoms with Crippen LogP contribution in [-0.4, -0.2) is 0 Å². The molecule has 0 saturated heterocycles. The maximum absolute atomic E-state index is 2.38. The zero-order valence-electron chi connectivity index (χ0n) is 73.7. The lowest BCUT2D eigenvalue weighted by atomic mass is 9.82. The average Bonchev–Trinajstić information content (AvgIpc) is 1.72. The highest BCUT2D eigenvalue weighted by Crippen LogP contribution is 2.53. The van der Waals surface area contributed by atoms with E-state index in [1.165, 1.54) is 259 Å². The van der Waals surface area contributed by atoms with Crippen molar-refractivity contribution in [1.29, 1.82) is 0 Å². The summed E-state index contributed by atoms with van der Waals surface area (Å²) in [4.78, 5) is 0. The average molecular weight is 1770 g/mol. The molecule has 3 aromatic heterocycles. The highest BCUT2D eigenvalue weighted by Gasteiger charge is 2.26. The quantitative estimate of drug-likeness (QED) is 0.107. The van der Waals surface area contributed by atoms with E-state index in [9.17, 15) is 0 Å². The van der Waals surface area contributed by atoms with E-state index in [1.54, 1.807) is 0 Å². The van der Waals surface area contributed by atoms with E-state index in [-0.39, 0.29) is 0 Å². The van der Waals surface area contributed by atoms with Gasteiger partial charge in [-0.2, -0.15) is 0 Å². The van der Waals surface area contributed by atoms with Gasteiger partial charge in [-0.1, -0.05) is 461 Å². The van der Waals surface area contributed by atoms with Gasteiger partial charge in [0, 0.05) is 60.5 Å². The molecule has 0 aliphatic carbocycles. The van der Waals surface area contributed by atoms with E-state index in [0.717, 1.165) is 0 Å². The first kappa shape index (κ1) is 80.6. The van der Waals surface area contributed by atoms with Crippen LogP contribution in [-0.2, 0) is 0 Å². The molecule has 0 amide bonds. The van der Waals surface area contributed by atoms with Gasteiger partial charge in [-0.25, -0.2) is 0 Å². The van der Waals surface area contributed by atoms with Gasteiger partial charge in [-0.3, -0.25) is 0 Å². The topological polar surface area (TPSA) is 0 Å². The Balaban J connectivity index is 0.000000108. The number of hydrogen-bond acceptors (Lipinski definition) is 3. The Kier molecular flexibility index (Phi) is 20.7. The first-order chi connectivity index (χ1) is 67.0. The van der Waals surface area contributed by atoms with Crippen molar-refractivity contribution in [1.82, 2.24) is 0 Å². The molecule has 0 fully saturated rings. The smallest absolute Gasteiger partial charge is 0.0361 e. The molecule has 0 saturated carbocycles. The minimum absolute atomic E-state index is 1.23. The Hall–Kier alpha value is -16.5. The van der Waals surface area contributed by atoms with Crippen molar-refractivity contribution in [2.24, 2.45) is 0 Å². The molecule has 24 aromatic carbocycles. The summed E-state index contributed by atoms with van der Waals surface area (Å²) < 4.78 is 7.99. The Morgan fingerprint density at radius 2 is 0.274 bits per heavy atom. The molecule has 3 heteroatoms. The van der Waals surface area contributed by atoms with Crippen LogP contribution in [0.1, 0.15) is 0 Å². The number of thiophene rings is 3. The molecule has 0 N–H and O–H groups in total. The minimum atomic E-state index is 1.23. The lowest BCUT2D eigenvalue weighted by Crippen LogP contribution is -1.94. The van der Waals surface area contributed by atoms with Gasteiger partial charge in [-0.05, 0) is 247 Å². The summed E-state index contributed by atoms with van der Waals surface area (Å²) in [6.07, 6.45) is 0. The summed E-state index contributed by atoms with van der Waals surface area (Å²) >= 11 is 5.63.